The van der Waals surface area contributed by atoms with Crippen LogP contribution in [-0.4, -0.2) is 32.3 Å². The largest absolute Gasteiger partial charge is 0.462 e. The molecule has 24 heavy (non-hydrogen) atoms. The molecule has 0 fully saturated rings. The molecule has 0 N–H and O–H groups in total. The Morgan fingerprint density at radius 2 is 2.00 bits per heavy atom. The first-order valence-electron chi connectivity index (χ1n) is 6.97. The molecular weight excluding hydrogens is 325 g/mol. The lowest BCUT2D eigenvalue weighted by atomic mass is 10.2. The van der Waals surface area contributed by atoms with Crippen molar-refractivity contribution >= 4 is 16.9 Å². The molecule has 0 radical (unpaired) electrons. The molecule has 0 bridgehead atoms. The van der Waals surface area contributed by atoms with Crippen molar-refractivity contribution < 1.29 is 22.7 Å². The predicted octanol–water partition coefficient (Wildman–Crippen LogP) is 3.07. The minimum atomic E-state index is -2.84. The van der Waals surface area contributed by atoms with Crippen molar-refractivity contribution in [2.75, 3.05) is 6.61 Å². The Kier molecular flexibility index (Phi) is 4.15. The zero-order chi connectivity index (χ0) is 17.3. The van der Waals surface area contributed by atoms with E-state index in [9.17, 15) is 18.0 Å². The average molecular weight is 336 g/mol. The lowest BCUT2D eigenvalue weighted by Gasteiger charge is -2.03. The lowest BCUT2D eigenvalue weighted by Crippen LogP contribution is -2.09. The van der Waals surface area contributed by atoms with Crippen molar-refractivity contribution in [3.05, 3.63) is 47.7 Å². The maximum atomic E-state index is 13.5. The molecule has 0 amide bonds. The van der Waals surface area contributed by atoms with E-state index in [0.29, 0.717) is 0 Å². The van der Waals surface area contributed by atoms with Gasteiger partial charge < -0.3 is 4.74 Å². The predicted molar refractivity (Wildman–Crippen MR) is 77.5 cm³/mol. The zero-order valence-corrected chi connectivity index (χ0v) is 12.4. The van der Waals surface area contributed by atoms with E-state index in [1.54, 1.807) is 6.92 Å². The second kappa shape index (κ2) is 6.26. The number of halogens is 3. The SMILES string of the molecule is CCOC(=O)c1cnc(-n2nc(C(F)F)c3ccc(F)cc32)nc1. The smallest absolute Gasteiger partial charge is 0.341 e. The molecule has 0 unspecified atom stereocenters. The summed E-state index contributed by atoms with van der Waals surface area (Å²) in [5.41, 5.74) is -0.283. The van der Waals surface area contributed by atoms with E-state index < -0.39 is 23.9 Å². The molecule has 0 aliphatic heterocycles. The summed E-state index contributed by atoms with van der Waals surface area (Å²) in [7, 11) is 0. The van der Waals surface area contributed by atoms with Gasteiger partial charge in [-0.15, -0.1) is 0 Å². The third kappa shape index (κ3) is 2.80. The van der Waals surface area contributed by atoms with Gasteiger partial charge in [0.25, 0.3) is 12.4 Å². The summed E-state index contributed by atoms with van der Waals surface area (Å²) < 4.78 is 45.5. The van der Waals surface area contributed by atoms with Gasteiger partial charge in [0.05, 0.1) is 17.7 Å². The lowest BCUT2D eigenvalue weighted by molar-refractivity contribution is 0.0525. The van der Waals surface area contributed by atoms with Crippen molar-refractivity contribution in [1.29, 1.82) is 0 Å². The van der Waals surface area contributed by atoms with E-state index in [2.05, 4.69) is 15.1 Å². The van der Waals surface area contributed by atoms with Crippen LogP contribution in [0.3, 0.4) is 0 Å². The Morgan fingerprint density at radius 3 is 2.62 bits per heavy atom. The fraction of sp³-hybridized carbons (Fsp3) is 0.200. The molecule has 0 aliphatic rings. The van der Waals surface area contributed by atoms with Crippen LogP contribution in [0.5, 0.6) is 0 Å². The molecule has 0 saturated carbocycles. The molecular formula is C15H11F3N4O2. The Balaban J connectivity index is 2.09. The molecule has 3 rings (SSSR count). The van der Waals surface area contributed by atoms with Gasteiger partial charge in [0.15, 0.2) is 0 Å². The zero-order valence-electron chi connectivity index (χ0n) is 12.4. The highest BCUT2D eigenvalue weighted by atomic mass is 19.3. The third-order valence-corrected chi connectivity index (χ3v) is 3.22. The standard InChI is InChI=1S/C15H11F3N4O2/c1-2-24-14(23)8-6-19-15(20-7-8)22-11-5-9(16)3-4-10(11)12(21-22)13(17)18/h3-7,13H,2H2,1H3. The van der Waals surface area contributed by atoms with E-state index in [-0.39, 0.29) is 29.0 Å². The van der Waals surface area contributed by atoms with Gasteiger partial charge in [0.2, 0.25) is 0 Å². The fourth-order valence-electron chi connectivity index (χ4n) is 2.18. The number of nitrogens with zero attached hydrogens (tertiary/aromatic N) is 4. The number of hydrogen-bond acceptors (Lipinski definition) is 5. The Hall–Kier alpha value is -2.97. The van der Waals surface area contributed by atoms with Gasteiger partial charge in [-0.05, 0) is 19.1 Å². The topological polar surface area (TPSA) is 69.9 Å². The molecule has 6 nitrogen and oxygen atoms in total. The molecule has 0 spiro atoms. The number of aromatic nitrogens is 4. The Morgan fingerprint density at radius 1 is 1.29 bits per heavy atom. The minimum Gasteiger partial charge on any atom is -0.462 e. The van der Waals surface area contributed by atoms with Crippen LogP contribution in [0.15, 0.2) is 30.6 Å². The number of benzene rings is 1. The van der Waals surface area contributed by atoms with Gasteiger partial charge >= 0.3 is 5.97 Å². The van der Waals surface area contributed by atoms with E-state index >= 15 is 0 Å². The highest BCUT2D eigenvalue weighted by Gasteiger charge is 2.21. The average Bonchev–Trinajstić information content (AvgIpc) is 2.94. The quantitative estimate of drug-likeness (QED) is 0.685. The van der Waals surface area contributed by atoms with Gasteiger partial charge in [0.1, 0.15) is 11.5 Å². The highest BCUT2D eigenvalue weighted by Crippen LogP contribution is 2.28. The molecule has 9 heteroatoms. The summed E-state index contributed by atoms with van der Waals surface area (Å²) in [5.74, 6) is -1.27. The normalized spacial score (nSPS) is 11.2. The van der Waals surface area contributed by atoms with Crippen molar-refractivity contribution in [3.8, 4) is 5.95 Å². The molecule has 0 aliphatic carbocycles. The van der Waals surface area contributed by atoms with Crippen molar-refractivity contribution in [3.63, 3.8) is 0 Å². The van der Waals surface area contributed by atoms with Crippen molar-refractivity contribution in [1.82, 2.24) is 19.7 Å². The number of ether oxygens (including phenoxy) is 1. The minimum absolute atomic E-state index is 0.0643. The van der Waals surface area contributed by atoms with Crippen LogP contribution in [0.1, 0.15) is 29.4 Å². The monoisotopic (exact) mass is 336 g/mol. The van der Waals surface area contributed by atoms with Crippen LogP contribution >= 0.6 is 0 Å². The summed E-state index contributed by atoms with van der Waals surface area (Å²) in [6.45, 7) is 1.85. The number of fused-ring (bicyclic) bond motifs is 1. The summed E-state index contributed by atoms with van der Waals surface area (Å²) in [6.07, 6.45) is -0.456. The van der Waals surface area contributed by atoms with Crippen LogP contribution in [0, 0.1) is 5.82 Å². The summed E-state index contributed by atoms with van der Waals surface area (Å²) in [6, 6.07) is 3.37. The van der Waals surface area contributed by atoms with E-state index in [4.69, 9.17) is 4.74 Å². The summed E-state index contributed by atoms with van der Waals surface area (Å²) >= 11 is 0. The fourth-order valence-corrected chi connectivity index (χ4v) is 2.18. The van der Waals surface area contributed by atoms with Gasteiger partial charge in [-0.2, -0.15) is 9.78 Å². The molecule has 2 aromatic heterocycles. The number of carbonyl (C=O) groups is 1. The third-order valence-electron chi connectivity index (χ3n) is 3.22. The first-order chi connectivity index (χ1) is 11.5. The Bertz CT molecular complexity index is 894. The highest BCUT2D eigenvalue weighted by molar-refractivity contribution is 5.88. The Labute approximate surface area is 133 Å². The van der Waals surface area contributed by atoms with Crippen molar-refractivity contribution in [2.24, 2.45) is 0 Å². The van der Waals surface area contributed by atoms with Crippen LogP contribution in [0.25, 0.3) is 16.9 Å². The first kappa shape index (κ1) is 15.9. The van der Waals surface area contributed by atoms with Gasteiger partial charge in [-0.1, -0.05) is 0 Å². The van der Waals surface area contributed by atoms with Gasteiger partial charge in [0, 0.05) is 23.8 Å². The molecule has 1 aromatic carbocycles. The first-order valence-corrected chi connectivity index (χ1v) is 6.97. The van der Waals surface area contributed by atoms with E-state index in [1.165, 1.54) is 18.5 Å². The molecule has 2 heterocycles. The molecule has 124 valence electrons. The van der Waals surface area contributed by atoms with Crippen LogP contribution in [-0.2, 0) is 4.74 Å². The number of rotatable bonds is 4. The number of esters is 1. The number of hydrogen-bond donors (Lipinski definition) is 0. The van der Waals surface area contributed by atoms with Crippen LogP contribution < -0.4 is 0 Å². The maximum absolute atomic E-state index is 13.5. The molecule has 0 atom stereocenters. The van der Waals surface area contributed by atoms with E-state index in [0.717, 1.165) is 16.8 Å². The van der Waals surface area contributed by atoms with Gasteiger partial charge in [-0.3, -0.25) is 0 Å². The van der Waals surface area contributed by atoms with Crippen molar-refractivity contribution in [2.45, 2.75) is 13.3 Å². The molecule has 0 saturated heterocycles. The summed E-state index contributed by atoms with van der Waals surface area (Å²) in [5, 5.41) is 3.87. The van der Waals surface area contributed by atoms with Crippen LogP contribution in [0.4, 0.5) is 13.2 Å². The van der Waals surface area contributed by atoms with Gasteiger partial charge in [-0.25, -0.2) is 27.9 Å². The number of alkyl halides is 2. The van der Waals surface area contributed by atoms with Crippen LogP contribution in [0.2, 0.25) is 0 Å². The summed E-state index contributed by atoms with van der Waals surface area (Å²) in [4.78, 5) is 19.4. The number of carbonyl (C=O) groups excluding carboxylic acids is 1. The molecule has 3 aromatic rings. The second-order valence-electron chi connectivity index (χ2n) is 4.75. The maximum Gasteiger partial charge on any atom is 0.341 e. The second-order valence-corrected chi connectivity index (χ2v) is 4.75. The van der Waals surface area contributed by atoms with E-state index in [1.807, 2.05) is 0 Å².